The molecule has 6 nitrogen and oxygen atoms in total. The van der Waals surface area contributed by atoms with Crippen LogP contribution in [-0.4, -0.2) is 37.1 Å². The van der Waals surface area contributed by atoms with Crippen LogP contribution in [0, 0.1) is 0 Å². The third-order valence-corrected chi connectivity index (χ3v) is 3.09. The van der Waals surface area contributed by atoms with Crippen LogP contribution < -0.4 is 5.73 Å². The van der Waals surface area contributed by atoms with E-state index >= 15 is 0 Å². The lowest BCUT2D eigenvalue weighted by Crippen LogP contribution is -2.06. The molecule has 1 aromatic heterocycles. The Kier molecular flexibility index (Phi) is 6.33. The van der Waals surface area contributed by atoms with Gasteiger partial charge in [-0.05, 0) is 11.1 Å². The summed E-state index contributed by atoms with van der Waals surface area (Å²) in [6, 6.07) is 7.99. The SMILES string of the molecule is COCCOCCc1noc(Cc2ccccc2CN)n1. The Morgan fingerprint density at radius 3 is 2.71 bits per heavy atom. The zero-order valence-electron chi connectivity index (χ0n) is 12.2. The molecule has 0 atom stereocenters. The maximum Gasteiger partial charge on any atom is 0.231 e. The van der Waals surface area contributed by atoms with Gasteiger partial charge < -0.3 is 19.7 Å². The molecule has 2 rings (SSSR count). The van der Waals surface area contributed by atoms with Crippen LogP contribution in [0.15, 0.2) is 28.8 Å². The fraction of sp³-hybridized carbons (Fsp3) is 0.467. The minimum atomic E-state index is 0.504. The number of ether oxygens (including phenoxy) is 2. The molecule has 1 heterocycles. The summed E-state index contributed by atoms with van der Waals surface area (Å²) in [5.74, 6) is 1.26. The average Bonchev–Trinajstić information content (AvgIpc) is 2.95. The van der Waals surface area contributed by atoms with E-state index in [1.165, 1.54) is 0 Å². The van der Waals surface area contributed by atoms with Crippen LogP contribution >= 0.6 is 0 Å². The first-order valence-corrected chi connectivity index (χ1v) is 6.98. The molecule has 0 aliphatic heterocycles. The normalized spacial score (nSPS) is 11.0. The highest BCUT2D eigenvalue weighted by Crippen LogP contribution is 2.13. The van der Waals surface area contributed by atoms with E-state index in [1.807, 2.05) is 24.3 Å². The van der Waals surface area contributed by atoms with Crippen molar-refractivity contribution in [2.45, 2.75) is 19.4 Å². The number of methoxy groups -OCH3 is 1. The van der Waals surface area contributed by atoms with Crippen molar-refractivity contribution >= 4 is 0 Å². The first-order valence-electron chi connectivity index (χ1n) is 6.98. The van der Waals surface area contributed by atoms with E-state index in [0.29, 0.717) is 50.9 Å². The van der Waals surface area contributed by atoms with Gasteiger partial charge in [-0.15, -0.1) is 0 Å². The summed E-state index contributed by atoms with van der Waals surface area (Å²) in [6.45, 7) is 2.23. The largest absolute Gasteiger partial charge is 0.382 e. The van der Waals surface area contributed by atoms with Gasteiger partial charge in [-0.3, -0.25) is 0 Å². The van der Waals surface area contributed by atoms with Crippen molar-refractivity contribution in [1.29, 1.82) is 0 Å². The molecule has 0 saturated heterocycles. The molecule has 0 aliphatic carbocycles. The minimum absolute atomic E-state index is 0.504. The number of hydrogen-bond acceptors (Lipinski definition) is 6. The first-order chi connectivity index (χ1) is 10.3. The van der Waals surface area contributed by atoms with E-state index in [4.69, 9.17) is 19.7 Å². The van der Waals surface area contributed by atoms with Gasteiger partial charge in [-0.2, -0.15) is 4.98 Å². The number of rotatable bonds is 9. The fourth-order valence-electron chi connectivity index (χ4n) is 1.96. The van der Waals surface area contributed by atoms with Crippen molar-refractivity contribution in [1.82, 2.24) is 10.1 Å². The molecule has 2 N–H and O–H groups in total. The van der Waals surface area contributed by atoms with Crippen molar-refractivity contribution in [2.24, 2.45) is 5.73 Å². The molecule has 0 aliphatic rings. The molecule has 0 bridgehead atoms. The predicted octanol–water partition coefficient (Wildman–Crippen LogP) is 1.32. The Labute approximate surface area is 124 Å². The number of nitrogens with two attached hydrogens (primary N) is 1. The molecular weight excluding hydrogens is 270 g/mol. The van der Waals surface area contributed by atoms with Gasteiger partial charge in [0.15, 0.2) is 5.82 Å². The van der Waals surface area contributed by atoms with Gasteiger partial charge in [0.05, 0.1) is 26.2 Å². The van der Waals surface area contributed by atoms with E-state index in [9.17, 15) is 0 Å². The summed E-state index contributed by atoms with van der Waals surface area (Å²) in [6.07, 6.45) is 1.23. The molecular formula is C15H21N3O3. The molecule has 0 amide bonds. The molecule has 0 saturated carbocycles. The Bertz CT molecular complexity index is 542. The van der Waals surface area contributed by atoms with E-state index < -0.39 is 0 Å². The van der Waals surface area contributed by atoms with Crippen LogP contribution in [0.5, 0.6) is 0 Å². The molecule has 0 radical (unpaired) electrons. The van der Waals surface area contributed by atoms with Crippen LogP contribution in [0.2, 0.25) is 0 Å². The molecule has 6 heteroatoms. The average molecular weight is 291 g/mol. The van der Waals surface area contributed by atoms with Gasteiger partial charge in [0.2, 0.25) is 5.89 Å². The number of aromatic nitrogens is 2. The highest BCUT2D eigenvalue weighted by atomic mass is 16.5. The lowest BCUT2D eigenvalue weighted by Gasteiger charge is -2.03. The summed E-state index contributed by atoms with van der Waals surface area (Å²) >= 11 is 0. The molecule has 0 unspecified atom stereocenters. The molecule has 21 heavy (non-hydrogen) atoms. The van der Waals surface area contributed by atoms with Gasteiger partial charge in [-0.25, -0.2) is 0 Å². The van der Waals surface area contributed by atoms with Crippen LogP contribution in [0.4, 0.5) is 0 Å². The van der Waals surface area contributed by atoms with Gasteiger partial charge >= 0.3 is 0 Å². The first kappa shape index (κ1) is 15.6. The second kappa shape index (κ2) is 8.51. The zero-order valence-corrected chi connectivity index (χ0v) is 12.2. The predicted molar refractivity (Wildman–Crippen MR) is 77.8 cm³/mol. The lowest BCUT2D eigenvalue weighted by atomic mass is 10.0. The summed E-state index contributed by atoms with van der Waals surface area (Å²) in [4.78, 5) is 4.37. The van der Waals surface area contributed by atoms with Crippen molar-refractivity contribution < 1.29 is 14.0 Å². The Balaban J connectivity index is 1.85. The van der Waals surface area contributed by atoms with E-state index in [-0.39, 0.29) is 0 Å². The van der Waals surface area contributed by atoms with Crippen LogP contribution in [0.25, 0.3) is 0 Å². The minimum Gasteiger partial charge on any atom is -0.382 e. The highest BCUT2D eigenvalue weighted by molar-refractivity contribution is 5.28. The number of nitrogens with zero attached hydrogens (tertiary/aromatic N) is 2. The second-order valence-electron chi connectivity index (χ2n) is 4.61. The second-order valence-corrected chi connectivity index (χ2v) is 4.61. The van der Waals surface area contributed by atoms with E-state index in [1.54, 1.807) is 7.11 Å². The van der Waals surface area contributed by atoms with Gasteiger partial charge in [0.1, 0.15) is 0 Å². The standard InChI is InChI=1S/C15H21N3O3/c1-19-8-9-20-7-6-14-17-15(21-18-14)10-12-4-2-3-5-13(12)11-16/h2-5H,6-11,16H2,1H3. The number of benzene rings is 1. The molecule has 0 spiro atoms. The Hall–Kier alpha value is -1.76. The molecule has 114 valence electrons. The Morgan fingerprint density at radius 1 is 1.14 bits per heavy atom. The Morgan fingerprint density at radius 2 is 1.95 bits per heavy atom. The van der Waals surface area contributed by atoms with Crippen molar-refractivity contribution in [3.8, 4) is 0 Å². The van der Waals surface area contributed by atoms with Gasteiger partial charge in [0.25, 0.3) is 0 Å². The zero-order chi connectivity index (χ0) is 14.9. The van der Waals surface area contributed by atoms with Crippen molar-refractivity contribution in [3.63, 3.8) is 0 Å². The van der Waals surface area contributed by atoms with Crippen molar-refractivity contribution in [2.75, 3.05) is 26.9 Å². The smallest absolute Gasteiger partial charge is 0.231 e. The number of hydrogen-bond donors (Lipinski definition) is 1. The summed E-state index contributed by atoms with van der Waals surface area (Å²) in [5, 5.41) is 3.96. The monoisotopic (exact) mass is 291 g/mol. The van der Waals surface area contributed by atoms with Crippen LogP contribution in [-0.2, 0) is 28.9 Å². The summed E-state index contributed by atoms with van der Waals surface area (Å²) < 4.78 is 15.5. The van der Waals surface area contributed by atoms with Gasteiger partial charge in [-0.1, -0.05) is 29.4 Å². The summed E-state index contributed by atoms with van der Waals surface area (Å²) in [7, 11) is 1.65. The third kappa shape index (κ3) is 4.93. The molecule has 0 fully saturated rings. The van der Waals surface area contributed by atoms with Gasteiger partial charge in [0, 0.05) is 20.1 Å². The lowest BCUT2D eigenvalue weighted by molar-refractivity contribution is 0.0714. The maximum absolute atomic E-state index is 5.72. The van der Waals surface area contributed by atoms with Crippen LogP contribution in [0.1, 0.15) is 22.8 Å². The molecule has 1 aromatic carbocycles. The summed E-state index contributed by atoms with van der Waals surface area (Å²) in [5.41, 5.74) is 7.94. The highest BCUT2D eigenvalue weighted by Gasteiger charge is 2.09. The maximum atomic E-state index is 5.72. The van der Waals surface area contributed by atoms with E-state index in [2.05, 4.69) is 10.1 Å². The topological polar surface area (TPSA) is 83.4 Å². The third-order valence-electron chi connectivity index (χ3n) is 3.09. The quantitative estimate of drug-likeness (QED) is 0.702. The van der Waals surface area contributed by atoms with Crippen LogP contribution in [0.3, 0.4) is 0 Å². The fourth-order valence-corrected chi connectivity index (χ4v) is 1.96. The molecule has 2 aromatic rings. The van der Waals surface area contributed by atoms with E-state index in [0.717, 1.165) is 11.1 Å². The van der Waals surface area contributed by atoms with Crippen molar-refractivity contribution in [3.05, 3.63) is 47.1 Å².